The first-order chi connectivity index (χ1) is 6.50. The predicted molar refractivity (Wildman–Crippen MR) is 47.3 cm³/mol. The Balaban J connectivity index is 2.82. The molecule has 0 aliphatic rings. The standard InChI is InChI=1S/C8H7ClF3NO/c9-4-1-6(13)7(2-5(4)10)14-3-8(11)12/h1-2,8H,3,13H2. The maximum atomic E-state index is 12.8. The third-order valence-corrected chi connectivity index (χ3v) is 1.71. The lowest BCUT2D eigenvalue weighted by Gasteiger charge is -2.08. The highest BCUT2D eigenvalue weighted by Crippen LogP contribution is 2.28. The van der Waals surface area contributed by atoms with Crippen LogP contribution in [0.25, 0.3) is 0 Å². The predicted octanol–water partition coefficient (Wildman–Crippen LogP) is 2.71. The van der Waals surface area contributed by atoms with Crippen molar-refractivity contribution < 1.29 is 17.9 Å². The lowest BCUT2D eigenvalue weighted by Crippen LogP contribution is -2.08. The van der Waals surface area contributed by atoms with Crippen LogP contribution in [0, 0.1) is 5.82 Å². The lowest BCUT2D eigenvalue weighted by molar-refractivity contribution is 0.0821. The summed E-state index contributed by atoms with van der Waals surface area (Å²) in [6, 6.07) is 1.98. The molecule has 0 amide bonds. The molecule has 0 saturated heterocycles. The van der Waals surface area contributed by atoms with Crippen molar-refractivity contribution in [2.24, 2.45) is 0 Å². The third-order valence-electron chi connectivity index (χ3n) is 1.42. The lowest BCUT2D eigenvalue weighted by atomic mass is 10.3. The van der Waals surface area contributed by atoms with Crippen LogP contribution < -0.4 is 10.5 Å². The second-order valence-corrected chi connectivity index (χ2v) is 2.91. The minimum Gasteiger partial charge on any atom is -0.485 e. The second kappa shape index (κ2) is 4.41. The van der Waals surface area contributed by atoms with Crippen LogP contribution in [0.4, 0.5) is 18.9 Å². The van der Waals surface area contributed by atoms with Crippen LogP contribution in [0.2, 0.25) is 5.02 Å². The number of rotatable bonds is 3. The molecular formula is C8H7ClF3NO. The highest BCUT2D eigenvalue weighted by Gasteiger charge is 2.09. The maximum Gasteiger partial charge on any atom is 0.272 e. The fourth-order valence-electron chi connectivity index (χ4n) is 0.822. The summed E-state index contributed by atoms with van der Waals surface area (Å²) in [7, 11) is 0. The number of nitrogens with two attached hydrogens (primary N) is 1. The Kier molecular flexibility index (Phi) is 3.46. The first-order valence-corrected chi connectivity index (χ1v) is 4.04. The summed E-state index contributed by atoms with van der Waals surface area (Å²) < 4.78 is 40.9. The van der Waals surface area contributed by atoms with Gasteiger partial charge in [-0.3, -0.25) is 0 Å². The molecule has 0 bridgehead atoms. The van der Waals surface area contributed by atoms with Crippen molar-refractivity contribution in [3.05, 3.63) is 23.0 Å². The summed E-state index contributed by atoms with van der Waals surface area (Å²) in [5.74, 6) is -0.891. The van der Waals surface area contributed by atoms with Crippen LogP contribution in [0.3, 0.4) is 0 Å². The number of anilines is 1. The molecule has 0 unspecified atom stereocenters. The summed E-state index contributed by atoms with van der Waals surface area (Å²) in [4.78, 5) is 0. The monoisotopic (exact) mass is 225 g/mol. The quantitative estimate of drug-likeness (QED) is 0.803. The zero-order valence-electron chi connectivity index (χ0n) is 6.94. The van der Waals surface area contributed by atoms with Gasteiger partial charge in [0.05, 0.1) is 10.7 Å². The molecule has 0 aromatic heterocycles. The van der Waals surface area contributed by atoms with Crippen molar-refractivity contribution in [1.82, 2.24) is 0 Å². The summed E-state index contributed by atoms with van der Waals surface area (Å²) in [6.45, 7) is -0.828. The Morgan fingerprint density at radius 3 is 2.64 bits per heavy atom. The minimum absolute atomic E-state index is 0.0250. The Labute approximate surface area is 83.4 Å². The van der Waals surface area contributed by atoms with Gasteiger partial charge in [-0.25, -0.2) is 13.2 Å². The first kappa shape index (κ1) is 11.0. The van der Waals surface area contributed by atoms with Crippen LogP contribution in [0.15, 0.2) is 12.1 Å². The average molecular weight is 226 g/mol. The molecule has 0 aliphatic carbocycles. The van der Waals surface area contributed by atoms with Crippen LogP contribution in [0.5, 0.6) is 5.75 Å². The molecule has 1 aromatic carbocycles. The van der Waals surface area contributed by atoms with E-state index < -0.39 is 18.8 Å². The Hall–Kier alpha value is -1.10. The maximum absolute atomic E-state index is 12.8. The van der Waals surface area contributed by atoms with E-state index >= 15 is 0 Å². The highest BCUT2D eigenvalue weighted by atomic mass is 35.5. The number of alkyl halides is 2. The Bertz CT molecular complexity index is 333. The molecule has 0 spiro atoms. The molecule has 78 valence electrons. The number of benzene rings is 1. The number of hydrogen-bond donors (Lipinski definition) is 1. The van der Waals surface area contributed by atoms with Crippen molar-refractivity contribution in [3.8, 4) is 5.75 Å². The average Bonchev–Trinajstić information content (AvgIpc) is 2.09. The SMILES string of the molecule is Nc1cc(Cl)c(F)cc1OCC(F)F. The fourth-order valence-corrected chi connectivity index (χ4v) is 0.994. The fraction of sp³-hybridized carbons (Fsp3) is 0.250. The van der Waals surface area contributed by atoms with Crippen LogP contribution >= 0.6 is 11.6 Å². The molecule has 6 heteroatoms. The minimum atomic E-state index is -2.63. The van der Waals surface area contributed by atoms with Gasteiger partial charge in [0.15, 0.2) is 0 Å². The highest BCUT2D eigenvalue weighted by molar-refractivity contribution is 6.31. The molecular weight excluding hydrogens is 219 g/mol. The summed E-state index contributed by atoms with van der Waals surface area (Å²) in [5, 5.41) is -0.174. The van der Waals surface area contributed by atoms with E-state index in [9.17, 15) is 13.2 Å². The zero-order chi connectivity index (χ0) is 10.7. The molecule has 0 atom stereocenters. The van der Waals surface area contributed by atoms with Crippen LogP contribution in [0.1, 0.15) is 0 Å². The molecule has 0 heterocycles. The van der Waals surface area contributed by atoms with Crippen molar-refractivity contribution in [1.29, 1.82) is 0 Å². The second-order valence-electron chi connectivity index (χ2n) is 2.51. The number of nitrogen functional groups attached to an aromatic ring is 1. The third kappa shape index (κ3) is 2.70. The Morgan fingerprint density at radius 1 is 1.43 bits per heavy atom. The topological polar surface area (TPSA) is 35.2 Å². The van der Waals surface area contributed by atoms with Crippen molar-refractivity contribution in [2.75, 3.05) is 12.3 Å². The van der Waals surface area contributed by atoms with Gasteiger partial charge in [0.2, 0.25) is 0 Å². The molecule has 0 radical (unpaired) electrons. The normalized spacial score (nSPS) is 10.6. The molecule has 2 N–H and O–H groups in total. The van der Waals surface area contributed by atoms with Crippen LogP contribution in [-0.4, -0.2) is 13.0 Å². The summed E-state index contributed by atoms with van der Waals surface area (Å²) in [5.41, 5.74) is 5.38. The van der Waals surface area contributed by atoms with E-state index in [2.05, 4.69) is 4.74 Å². The molecule has 1 rings (SSSR count). The van der Waals surface area contributed by atoms with E-state index in [0.717, 1.165) is 12.1 Å². The van der Waals surface area contributed by atoms with E-state index in [-0.39, 0.29) is 16.5 Å². The largest absolute Gasteiger partial charge is 0.485 e. The van der Waals surface area contributed by atoms with E-state index in [0.29, 0.717) is 0 Å². The Morgan fingerprint density at radius 2 is 2.07 bits per heavy atom. The van der Waals surface area contributed by atoms with Gasteiger partial charge in [-0.2, -0.15) is 0 Å². The van der Waals surface area contributed by atoms with Gasteiger partial charge in [-0.1, -0.05) is 11.6 Å². The van der Waals surface area contributed by atoms with Gasteiger partial charge < -0.3 is 10.5 Å². The number of hydrogen-bond acceptors (Lipinski definition) is 2. The molecule has 2 nitrogen and oxygen atoms in total. The van der Waals surface area contributed by atoms with Gasteiger partial charge in [0, 0.05) is 6.07 Å². The molecule has 0 aliphatic heterocycles. The zero-order valence-corrected chi connectivity index (χ0v) is 7.69. The van der Waals surface area contributed by atoms with Crippen LogP contribution in [-0.2, 0) is 0 Å². The molecule has 0 fully saturated rings. The molecule has 14 heavy (non-hydrogen) atoms. The number of halogens is 4. The first-order valence-electron chi connectivity index (χ1n) is 3.66. The molecule has 0 saturated carbocycles. The van der Waals surface area contributed by atoms with Gasteiger partial charge in [-0.05, 0) is 6.07 Å². The van der Waals surface area contributed by atoms with Crippen molar-refractivity contribution >= 4 is 17.3 Å². The smallest absolute Gasteiger partial charge is 0.272 e. The van der Waals surface area contributed by atoms with E-state index in [1.54, 1.807) is 0 Å². The van der Waals surface area contributed by atoms with E-state index in [1.807, 2.05) is 0 Å². The van der Waals surface area contributed by atoms with Gasteiger partial charge >= 0.3 is 0 Å². The summed E-state index contributed by atoms with van der Waals surface area (Å²) in [6.07, 6.45) is -2.63. The van der Waals surface area contributed by atoms with Crippen molar-refractivity contribution in [2.45, 2.75) is 6.43 Å². The molecule has 1 aromatic rings. The van der Waals surface area contributed by atoms with E-state index in [1.165, 1.54) is 0 Å². The van der Waals surface area contributed by atoms with Gasteiger partial charge in [0.1, 0.15) is 18.2 Å². The van der Waals surface area contributed by atoms with Gasteiger partial charge in [0.25, 0.3) is 6.43 Å². The number of ether oxygens (including phenoxy) is 1. The van der Waals surface area contributed by atoms with Crippen molar-refractivity contribution in [3.63, 3.8) is 0 Å². The van der Waals surface area contributed by atoms with Gasteiger partial charge in [-0.15, -0.1) is 0 Å². The summed E-state index contributed by atoms with van der Waals surface area (Å²) >= 11 is 5.39. The van der Waals surface area contributed by atoms with E-state index in [4.69, 9.17) is 17.3 Å².